The zero-order chi connectivity index (χ0) is 27.2. The smallest absolute Gasteiger partial charge is 0.256 e. The first-order valence-corrected chi connectivity index (χ1v) is 12.7. The molecule has 1 heterocycles. The molecule has 3 aromatic carbocycles. The Bertz CT molecular complexity index is 1550. The Morgan fingerprint density at radius 2 is 1.54 bits per heavy atom. The van der Waals surface area contributed by atoms with Gasteiger partial charge in [0, 0.05) is 5.92 Å². The number of nitrogens with zero attached hydrogens (tertiary/aromatic N) is 3. The second kappa shape index (κ2) is 9.10. The largest absolute Gasteiger partial charge is 0.416 e. The molecule has 0 aromatic heterocycles. The SMILES string of the molecule is C=C[C@@H]1c2cc(C)ccc2N(S(=O)(=O)c2ccc(C)cc2)C(c2ccccc2C(F)(F)F)C1(C#N)C#N. The lowest BCUT2D eigenvalue weighted by atomic mass is 9.64. The molecular formula is C28H22F3N3O2S. The number of fused-ring (bicyclic) bond motifs is 1. The number of nitriles is 2. The summed E-state index contributed by atoms with van der Waals surface area (Å²) in [6, 6.07) is 17.0. The van der Waals surface area contributed by atoms with E-state index in [-0.39, 0.29) is 10.6 Å². The molecule has 37 heavy (non-hydrogen) atoms. The summed E-state index contributed by atoms with van der Waals surface area (Å²) in [4.78, 5) is -0.180. The Kier molecular flexibility index (Phi) is 6.39. The predicted octanol–water partition coefficient (Wildman–Crippen LogP) is 6.58. The minimum atomic E-state index is -4.87. The highest BCUT2D eigenvalue weighted by atomic mass is 32.2. The molecule has 0 saturated heterocycles. The molecule has 1 aliphatic heterocycles. The van der Waals surface area contributed by atoms with E-state index in [1.54, 1.807) is 38.1 Å². The van der Waals surface area contributed by atoms with Crippen LogP contribution in [0, 0.1) is 41.9 Å². The van der Waals surface area contributed by atoms with Crippen LogP contribution in [0.3, 0.4) is 0 Å². The second-order valence-corrected chi connectivity index (χ2v) is 10.8. The lowest BCUT2D eigenvalue weighted by Crippen LogP contribution is -2.50. The molecule has 0 radical (unpaired) electrons. The molecule has 1 aliphatic rings. The van der Waals surface area contributed by atoms with Crippen LogP contribution >= 0.6 is 0 Å². The number of halogens is 3. The van der Waals surface area contributed by atoms with Crippen LogP contribution in [-0.2, 0) is 16.2 Å². The van der Waals surface area contributed by atoms with E-state index in [2.05, 4.69) is 6.58 Å². The van der Waals surface area contributed by atoms with E-state index in [4.69, 9.17) is 0 Å². The maximum absolute atomic E-state index is 14.2. The van der Waals surface area contributed by atoms with E-state index in [0.29, 0.717) is 5.56 Å². The molecule has 1 unspecified atom stereocenters. The fourth-order valence-electron chi connectivity index (χ4n) is 4.92. The van der Waals surface area contributed by atoms with E-state index in [9.17, 15) is 32.1 Å². The maximum Gasteiger partial charge on any atom is 0.416 e. The van der Waals surface area contributed by atoms with Crippen LogP contribution in [0.5, 0.6) is 0 Å². The van der Waals surface area contributed by atoms with Gasteiger partial charge in [-0.25, -0.2) is 8.42 Å². The highest BCUT2D eigenvalue weighted by Crippen LogP contribution is 2.59. The average Bonchev–Trinajstić information content (AvgIpc) is 2.86. The van der Waals surface area contributed by atoms with Crippen molar-refractivity contribution in [2.45, 2.75) is 36.9 Å². The van der Waals surface area contributed by atoms with Gasteiger partial charge in [0.2, 0.25) is 0 Å². The van der Waals surface area contributed by atoms with Crippen molar-refractivity contribution in [2.24, 2.45) is 5.41 Å². The molecule has 4 rings (SSSR count). The molecule has 9 heteroatoms. The van der Waals surface area contributed by atoms with Crippen molar-refractivity contribution < 1.29 is 21.6 Å². The quantitative estimate of drug-likeness (QED) is 0.363. The van der Waals surface area contributed by atoms with Crippen LogP contribution in [0.15, 0.2) is 84.3 Å². The van der Waals surface area contributed by atoms with Crippen molar-refractivity contribution >= 4 is 15.7 Å². The minimum absolute atomic E-state index is 0.0826. The molecule has 0 N–H and O–H groups in total. The van der Waals surface area contributed by atoms with Crippen molar-refractivity contribution in [3.05, 3.63) is 107 Å². The van der Waals surface area contributed by atoms with E-state index >= 15 is 0 Å². The Morgan fingerprint density at radius 3 is 2.11 bits per heavy atom. The summed E-state index contributed by atoms with van der Waals surface area (Å²) < 4.78 is 71.9. The molecule has 188 valence electrons. The molecule has 2 atom stereocenters. The molecule has 0 bridgehead atoms. The molecule has 0 spiro atoms. The highest BCUT2D eigenvalue weighted by Gasteiger charge is 2.58. The van der Waals surface area contributed by atoms with Crippen LogP contribution < -0.4 is 4.31 Å². The van der Waals surface area contributed by atoms with Crippen LogP contribution in [0.25, 0.3) is 0 Å². The van der Waals surface area contributed by atoms with Gasteiger partial charge in [-0.2, -0.15) is 23.7 Å². The minimum Gasteiger partial charge on any atom is -0.256 e. The van der Waals surface area contributed by atoms with Crippen molar-refractivity contribution in [3.8, 4) is 12.1 Å². The molecule has 0 amide bonds. The van der Waals surface area contributed by atoms with Gasteiger partial charge >= 0.3 is 6.18 Å². The van der Waals surface area contributed by atoms with Gasteiger partial charge in [0.25, 0.3) is 10.0 Å². The number of aryl methyl sites for hydroxylation is 2. The fraction of sp³-hybridized carbons (Fsp3) is 0.214. The predicted molar refractivity (Wildman–Crippen MR) is 133 cm³/mol. The van der Waals surface area contributed by atoms with Gasteiger partial charge in [-0.1, -0.05) is 59.7 Å². The number of anilines is 1. The maximum atomic E-state index is 14.2. The van der Waals surface area contributed by atoms with E-state index in [1.165, 1.54) is 36.4 Å². The molecule has 5 nitrogen and oxygen atoms in total. The highest BCUT2D eigenvalue weighted by molar-refractivity contribution is 7.92. The number of sulfonamides is 1. The summed E-state index contributed by atoms with van der Waals surface area (Å²) in [7, 11) is -4.56. The zero-order valence-electron chi connectivity index (χ0n) is 20.0. The third-order valence-electron chi connectivity index (χ3n) is 6.66. The standard InChI is InChI=1S/C28H22F3N3O2S/c1-4-23-22-15-19(3)11-14-25(22)34(37(35,36)20-12-9-18(2)10-13-20)26(27(23,16-32)17-33)21-7-5-6-8-24(21)28(29,30)31/h4-15,23,26H,1H2,2-3H3/t23-,26?/m1/s1. The Hall–Kier alpha value is -4.08. The van der Waals surface area contributed by atoms with Crippen LogP contribution in [-0.4, -0.2) is 8.42 Å². The van der Waals surface area contributed by atoms with Crippen LogP contribution in [0.4, 0.5) is 18.9 Å². The summed E-state index contributed by atoms with van der Waals surface area (Å²) in [5.41, 5.74) is -1.99. The van der Waals surface area contributed by atoms with E-state index in [0.717, 1.165) is 27.6 Å². The molecule has 0 fully saturated rings. The van der Waals surface area contributed by atoms with Gasteiger partial charge in [-0.15, -0.1) is 6.58 Å². The van der Waals surface area contributed by atoms with Crippen molar-refractivity contribution in [1.29, 1.82) is 10.5 Å². The van der Waals surface area contributed by atoms with Crippen molar-refractivity contribution in [1.82, 2.24) is 0 Å². The summed E-state index contributed by atoms with van der Waals surface area (Å²) in [5, 5.41) is 20.9. The lowest BCUT2D eigenvalue weighted by Gasteiger charge is -2.48. The first-order chi connectivity index (χ1) is 17.4. The van der Waals surface area contributed by atoms with Crippen molar-refractivity contribution in [2.75, 3.05) is 4.31 Å². The third-order valence-corrected chi connectivity index (χ3v) is 8.45. The van der Waals surface area contributed by atoms with Crippen LogP contribution in [0.1, 0.15) is 39.8 Å². The van der Waals surface area contributed by atoms with Crippen LogP contribution in [0.2, 0.25) is 0 Å². The lowest BCUT2D eigenvalue weighted by molar-refractivity contribution is -0.138. The summed E-state index contributed by atoms with van der Waals surface area (Å²) in [5.74, 6) is -1.08. The molecule has 3 aromatic rings. The van der Waals surface area contributed by atoms with Gasteiger partial charge in [-0.05, 0) is 49.2 Å². The fourth-order valence-corrected chi connectivity index (χ4v) is 6.61. The number of rotatable bonds is 4. The summed E-state index contributed by atoms with van der Waals surface area (Å²) in [6.45, 7) is 7.29. The van der Waals surface area contributed by atoms with Gasteiger partial charge in [0.05, 0.1) is 28.3 Å². The van der Waals surface area contributed by atoms with Crippen molar-refractivity contribution in [3.63, 3.8) is 0 Å². The van der Waals surface area contributed by atoms with E-state index < -0.39 is 44.7 Å². The molecular weight excluding hydrogens is 499 g/mol. The zero-order valence-corrected chi connectivity index (χ0v) is 20.8. The van der Waals surface area contributed by atoms with Gasteiger partial charge < -0.3 is 0 Å². The molecule has 0 saturated carbocycles. The topological polar surface area (TPSA) is 85.0 Å². The number of hydrogen-bond acceptors (Lipinski definition) is 4. The van der Waals surface area contributed by atoms with Gasteiger partial charge in [0.15, 0.2) is 5.41 Å². The first-order valence-electron chi connectivity index (χ1n) is 11.2. The number of allylic oxidation sites excluding steroid dienone is 1. The summed E-state index contributed by atoms with van der Waals surface area (Å²) >= 11 is 0. The number of benzene rings is 3. The monoisotopic (exact) mass is 521 g/mol. The molecule has 0 aliphatic carbocycles. The van der Waals surface area contributed by atoms with Gasteiger partial charge in [0.1, 0.15) is 6.04 Å². The normalized spacial score (nSPS) is 18.8. The first kappa shape index (κ1) is 26.0. The summed E-state index contributed by atoms with van der Waals surface area (Å²) in [6.07, 6.45) is -3.55. The Labute approximate surface area is 213 Å². The number of hydrogen-bond donors (Lipinski definition) is 0. The third kappa shape index (κ3) is 4.06. The average molecular weight is 522 g/mol. The van der Waals surface area contributed by atoms with E-state index in [1.807, 2.05) is 12.1 Å². The Balaban J connectivity index is 2.20. The second-order valence-electron chi connectivity index (χ2n) is 8.97. The number of alkyl halides is 3. The Morgan fingerprint density at radius 1 is 0.946 bits per heavy atom. The van der Waals surface area contributed by atoms with Gasteiger partial charge in [-0.3, -0.25) is 4.31 Å².